The van der Waals surface area contributed by atoms with Crippen molar-refractivity contribution >= 4 is 5.78 Å². The molecule has 1 N–H and O–H groups in total. The van der Waals surface area contributed by atoms with Crippen molar-refractivity contribution in [3.63, 3.8) is 0 Å². The maximum atomic E-state index is 12.7. The van der Waals surface area contributed by atoms with Crippen LogP contribution in [-0.4, -0.2) is 11.5 Å². The van der Waals surface area contributed by atoms with Crippen LogP contribution in [0.3, 0.4) is 0 Å². The van der Waals surface area contributed by atoms with Gasteiger partial charge >= 0.3 is 0 Å². The summed E-state index contributed by atoms with van der Waals surface area (Å²) < 4.78 is 6.52. The van der Waals surface area contributed by atoms with Gasteiger partial charge in [0.05, 0.1) is 0 Å². The summed E-state index contributed by atoms with van der Waals surface area (Å²) in [6.45, 7) is 5.16. The summed E-state index contributed by atoms with van der Waals surface area (Å²) in [5, 5.41) is 3.69. The largest absolute Gasteiger partial charge is 0.477 e. The molecule has 0 aromatic heterocycles. The molecule has 0 radical (unpaired) electrons. The lowest BCUT2D eigenvalue weighted by Gasteiger charge is -2.50. The molecule has 2 aliphatic carbocycles. The summed E-state index contributed by atoms with van der Waals surface area (Å²) in [7, 11) is 0. The highest BCUT2D eigenvalue weighted by Gasteiger charge is 2.49. The quantitative estimate of drug-likeness (QED) is 0.898. The van der Waals surface area contributed by atoms with E-state index in [4.69, 9.17) is 4.74 Å². The van der Waals surface area contributed by atoms with Crippen LogP contribution in [0.4, 0.5) is 0 Å². The van der Waals surface area contributed by atoms with E-state index in [1.165, 1.54) is 5.56 Å². The molecule has 0 saturated heterocycles. The first-order chi connectivity index (χ1) is 11.5. The third-order valence-electron chi connectivity index (χ3n) is 5.77. The number of ether oxygens (including phenoxy) is 1. The van der Waals surface area contributed by atoms with Crippen LogP contribution < -0.4 is 5.32 Å². The van der Waals surface area contributed by atoms with Crippen LogP contribution in [0.1, 0.15) is 57.9 Å². The van der Waals surface area contributed by atoms with Crippen LogP contribution >= 0.6 is 0 Å². The Balaban J connectivity index is 1.58. The highest BCUT2D eigenvalue weighted by Crippen LogP contribution is 2.50. The molecule has 0 amide bonds. The van der Waals surface area contributed by atoms with E-state index in [-0.39, 0.29) is 11.1 Å². The Hall–Kier alpha value is -1.61. The molecule has 1 aromatic carbocycles. The average Bonchev–Trinajstić information content (AvgIpc) is 2.52. The number of benzene rings is 1. The Morgan fingerprint density at radius 3 is 2.79 bits per heavy atom. The molecule has 24 heavy (non-hydrogen) atoms. The molecule has 2 bridgehead atoms. The highest BCUT2D eigenvalue weighted by molar-refractivity contribution is 5.97. The lowest BCUT2D eigenvalue weighted by Crippen LogP contribution is -2.54. The summed E-state index contributed by atoms with van der Waals surface area (Å²) in [5.74, 6) is 1.69. The first-order valence-corrected chi connectivity index (χ1v) is 9.21. The Morgan fingerprint density at radius 2 is 2.00 bits per heavy atom. The molecule has 3 heteroatoms. The first-order valence-electron chi connectivity index (χ1n) is 9.21. The van der Waals surface area contributed by atoms with Gasteiger partial charge in [-0.25, -0.2) is 0 Å². The molecule has 128 valence electrons. The number of carbonyl (C=O) groups excluding carboxylic acids is 1. The monoisotopic (exact) mass is 325 g/mol. The van der Waals surface area contributed by atoms with Crippen LogP contribution in [0.15, 0.2) is 41.7 Å². The number of rotatable bonds is 3. The molecule has 1 aliphatic heterocycles. The highest BCUT2D eigenvalue weighted by atomic mass is 16.5. The van der Waals surface area contributed by atoms with E-state index in [0.29, 0.717) is 18.1 Å². The molecule has 1 fully saturated rings. The maximum Gasteiger partial charge on any atom is 0.163 e. The smallest absolute Gasteiger partial charge is 0.163 e. The van der Waals surface area contributed by atoms with Crippen LogP contribution in [0, 0.1) is 11.3 Å². The van der Waals surface area contributed by atoms with Crippen molar-refractivity contribution in [2.45, 2.75) is 64.6 Å². The zero-order valence-electron chi connectivity index (χ0n) is 14.7. The molecule has 4 rings (SSSR count). The minimum absolute atomic E-state index is 0.0160. The molecule has 3 nitrogen and oxygen atoms in total. The van der Waals surface area contributed by atoms with Gasteiger partial charge in [-0.3, -0.25) is 10.1 Å². The van der Waals surface area contributed by atoms with E-state index in [0.717, 1.165) is 50.0 Å². The fourth-order valence-corrected chi connectivity index (χ4v) is 4.69. The van der Waals surface area contributed by atoms with Crippen molar-refractivity contribution in [3.8, 4) is 0 Å². The van der Waals surface area contributed by atoms with Crippen LogP contribution in [0.25, 0.3) is 0 Å². The van der Waals surface area contributed by atoms with Crippen molar-refractivity contribution in [1.82, 2.24) is 5.32 Å². The minimum atomic E-state index is -0.286. The third-order valence-corrected chi connectivity index (χ3v) is 5.77. The Morgan fingerprint density at radius 1 is 1.21 bits per heavy atom. The van der Waals surface area contributed by atoms with Crippen molar-refractivity contribution in [3.05, 3.63) is 47.2 Å². The second kappa shape index (κ2) is 5.73. The third kappa shape index (κ3) is 2.90. The Kier molecular flexibility index (Phi) is 3.80. The van der Waals surface area contributed by atoms with E-state index < -0.39 is 0 Å². The van der Waals surface area contributed by atoms with Crippen LogP contribution in [0.2, 0.25) is 0 Å². The van der Waals surface area contributed by atoms with Gasteiger partial charge in [0, 0.05) is 37.8 Å². The second-order valence-electron chi connectivity index (χ2n) is 8.51. The van der Waals surface area contributed by atoms with Gasteiger partial charge in [0.2, 0.25) is 0 Å². The van der Waals surface area contributed by atoms with E-state index in [1.54, 1.807) is 0 Å². The molecule has 3 aliphatic rings. The van der Waals surface area contributed by atoms with Gasteiger partial charge in [0.15, 0.2) is 11.5 Å². The summed E-state index contributed by atoms with van der Waals surface area (Å²) in [6.07, 6.45) is 5.77. The van der Waals surface area contributed by atoms with E-state index >= 15 is 0 Å². The summed E-state index contributed by atoms with van der Waals surface area (Å²) in [4.78, 5) is 12.7. The maximum absolute atomic E-state index is 12.7. The van der Waals surface area contributed by atoms with Gasteiger partial charge in [0.1, 0.15) is 5.76 Å². The Bertz CT molecular complexity index is 676. The zero-order valence-corrected chi connectivity index (χ0v) is 14.7. The molecule has 2 atom stereocenters. The van der Waals surface area contributed by atoms with Gasteiger partial charge in [-0.05, 0) is 29.7 Å². The fourth-order valence-electron chi connectivity index (χ4n) is 4.69. The average molecular weight is 325 g/mol. The zero-order chi connectivity index (χ0) is 16.8. The van der Waals surface area contributed by atoms with Crippen molar-refractivity contribution < 1.29 is 9.53 Å². The number of nitrogens with one attached hydrogen (secondary N) is 1. The van der Waals surface area contributed by atoms with E-state index in [1.807, 2.05) is 6.07 Å². The number of allylic oxidation sites excluding steroid dienone is 2. The van der Waals surface area contributed by atoms with Gasteiger partial charge in [-0.15, -0.1) is 0 Å². The van der Waals surface area contributed by atoms with Gasteiger partial charge in [-0.1, -0.05) is 44.2 Å². The summed E-state index contributed by atoms with van der Waals surface area (Å²) in [5.41, 5.74) is 2.02. The molecule has 0 unspecified atom stereocenters. The number of Topliss-reactive ketones (excluding diaryl/α,β-unsaturated/α-hetero) is 1. The minimum Gasteiger partial charge on any atom is -0.477 e. The number of hydrogen-bond donors (Lipinski definition) is 1. The fraction of sp³-hybridized carbons (Fsp3) is 0.571. The molecule has 1 heterocycles. The predicted molar refractivity (Wildman–Crippen MR) is 94.1 cm³/mol. The lowest BCUT2D eigenvalue weighted by atomic mass is 9.68. The van der Waals surface area contributed by atoms with E-state index in [2.05, 4.69) is 43.4 Å². The number of fused-ring (bicyclic) bond motifs is 3. The molecule has 1 saturated carbocycles. The van der Waals surface area contributed by atoms with Crippen molar-refractivity contribution in [2.75, 3.05) is 0 Å². The first kappa shape index (κ1) is 15.9. The second-order valence-corrected chi connectivity index (χ2v) is 8.51. The summed E-state index contributed by atoms with van der Waals surface area (Å²) >= 11 is 0. The van der Waals surface area contributed by atoms with Gasteiger partial charge < -0.3 is 4.74 Å². The van der Waals surface area contributed by atoms with Crippen LogP contribution in [-0.2, 0) is 16.1 Å². The van der Waals surface area contributed by atoms with Crippen molar-refractivity contribution in [1.29, 1.82) is 0 Å². The molecular formula is C21H27NO2. The standard InChI is InChI=1S/C21H27NO2/c1-20(2)12-17(23)19-16-9-6-10-21(11-16,24-18(19)13-20)22-14-15-7-4-3-5-8-15/h3-5,7-8,16,22H,6,9-14H2,1-2H3/t16-,21-/m0/s1. The predicted octanol–water partition coefficient (Wildman–Crippen LogP) is 4.34. The lowest BCUT2D eigenvalue weighted by molar-refractivity contribution is -0.128. The van der Waals surface area contributed by atoms with E-state index in [9.17, 15) is 4.79 Å². The normalized spacial score (nSPS) is 31.4. The Labute approximate surface area is 144 Å². The SMILES string of the molecule is CC1(C)CC(=O)C2=C(C1)O[C@@]1(NCc3ccccc3)CCC[C@H]2C1. The van der Waals surface area contributed by atoms with Crippen molar-refractivity contribution in [2.24, 2.45) is 11.3 Å². The number of hydrogen-bond acceptors (Lipinski definition) is 3. The molecular weight excluding hydrogens is 298 g/mol. The van der Waals surface area contributed by atoms with Gasteiger partial charge in [-0.2, -0.15) is 0 Å². The molecule has 1 aromatic rings. The summed E-state index contributed by atoms with van der Waals surface area (Å²) in [6, 6.07) is 10.5. The number of carbonyl (C=O) groups is 1. The molecule has 0 spiro atoms. The topological polar surface area (TPSA) is 38.3 Å². The van der Waals surface area contributed by atoms with Crippen LogP contribution in [0.5, 0.6) is 0 Å². The number of ketones is 1. The van der Waals surface area contributed by atoms with Gasteiger partial charge in [0.25, 0.3) is 0 Å².